The van der Waals surface area contributed by atoms with Crippen LogP contribution in [0.5, 0.6) is 11.5 Å². The molecule has 0 saturated carbocycles. The predicted octanol–water partition coefficient (Wildman–Crippen LogP) is 4.09. The lowest BCUT2D eigenvalue weighted by Crippen LogP contribution is -2.06. The van der Waals surface area contributed by atoms with Gasteiger partial charge in [0.1, 0.15) is 0 Å². The summed E-state index contributed by atoms with van der Waals surface area (Å²) < 4.78 is 43.5. The molecule has 0 aliphatic carbocycles. The molecule has 1 N–H and O–H groups in total. The number of phenols is 1. The first-order valence-corrected chi connectivity index (χ1v) is 5.47. The van der Waals surface area contributed by atoms with E-state index in [2.05, 4.69) is 0 Å². The van der Waals surface area contributed by atoms with Gasteiger partial charge in [-0.1, -0.05) is 24.3 Å². The van der Waals surface area contributed by atoms with Crippen LogP contribution in [-0.2, 0) is 6.18 Å². The van der Waals surface area contributed by atoms with Gasteiger partial charge >= 0.3 is 6.18 Å². The lowest BCUT2D eigenvalue weighted by molar-refractivity contribution is -0.137. The van der Waals surface area contributed by atoms with Crippen molar-refractivity contribution in [2.75, 3.05) is 7.11 Å². The summed E-state index contributed by atoms with van der Waals surface area (Å²) in [5, 5.41) is 9.64. The van der Waals surface area contributed by atoms with Crippen LogP contribution in [0.25, 0.3) is 11.1 Å². The molecule has 0 unspecified atom stereocenters. The van der Waals surface area contributed by atoms with E-state index in [1.54, 1.807) is 0 Å². The van der Waals surface area contributed by atoms with Gasteiger partial charge in [-0.3, -0.25) is 0 Å². The van der Waals surface area contributed by atoms with Crippen LogP contribution in [0.4, 0.5) is 13.2 Å². The number of methoxy groups -OCH3 is 1. The van der Waals surface area contributed by atoms with Crippen LogP contribution >= 0.6 is 0 Å². The zero-order valence-electron chi connectivity index (χ0n) is 10.0. The van der Waals surface area contributed by atoms with Gasteiger partial charge in [-0.05, 0) is 29.3 Å². The van der Waals surface area contributed by atoms with Gasteiger partial charge < -0.3 is 9.84 Å². The maximum atomic E-state index is 12.9. The first kappa shape index (κ1) is 13.3. The van der Waals surface area contributed by atoms with Crippen molar-refractivity contribution >= 4 is 0 Å². The number of alkyl halides is 3. The minimum absolute atomic E-state index is 0.0213. The molecule has 0 aromatic heterocycles. The van der Waals surface area contributed by atoms with Gasteiger partial charge in [0.05, 0.1) is 12.7 Å². The van der Waals surface area contributed by atoms with Gasteiger partial charge in [-0.25, -0.2) is 0 Å². The second kappa shape index (κ2) is 4.84. The van der Waals surface area contributed by atoms with Crippen LogP contribution in [0.1, 0.15) is 5.56 Å². The predicted molar refractivity (Wildman–Crippen MR) is 65.1 cm³/mol. The summed E-state index contributed by atoms with van der Waals surface area (Å²) in [6.07, 6.45) is -4.44. The Balaban J connectivity index is 2.57. The van der Waals surface area contributed by atoms with Gasteiger partial charge in [-0.15, -0.1) is 0 Å². The highest BCUT2D eigenvalue weighted by Gasteiger charge is 2.33. The molecular formula is C14H11F3O2. The summed E-state index contributed by atoms with van der Waals surface area (Å²) in [7, 11) is 1.37. The van der Waals surface area contributed by atoms with Crippen molar-refractivity contribution in [1.82, 2.24) is 0 Å². The molecule has 0 aliphatic heterocycles. The number of hydrogen-bond acceptors (Lipinski definition) is 2. The van der Waals surface area contributed by atoms with E-state index >= 15 is 0 Å². The Morgan fingerprint density at radius 3 is 2.32 bits per heavy atom. The van der Waals surface area contributed by atoms with E-state index < -0.39 is 11.7 Å². The number of benzene rings is 2. The van der Waals surface area contributed by atoms with E-state index in [4.69, 9.17) is 4.74 Å². The molecule has 0 saturated heterocycles. The smallest absolute Gasteiger partial charge is 0.417 e. The van der Waals surface area contributed by atoms with Gasteiger partial charge in [0.2, 0.25) is 0 Å². The third kappa shape index (κ3) is 2.65. The first-order valence-electron chi connectivity index (χ1n) is 5.47. The lowest BCUT2D eigenvalue weighted by atomic mass is 9.99. The van der Waals surface area contributed by atoms with Crippen molar-refractivity contribution < 1.29 is 23.0 Å². The fourth-order valence-electron chi connectivity index (χ4n) is 1.84. The lowest BCUT2D eigenvalue weighted by Gasteiger charge is -2.13. The number of rotatable bonds is 2. The number of aromatic hydroxyl groups is 1. The summed E-state index contributed by atoms with van der Waals surface area (Å²) in [5.41, 5.74) is -0.432. The topological polar surface area (TPSA) is 29.5 Å². The second-order valence-corrected chi connectivity index (χ2v) is 3.93. The molecule has 2 rings (SSSR count). The van der Waals surface area contributed by atoms with E-state index in [0.29, 0.717) is 0 Å². The summed E-state index contributed by atoms with van der Waals surface area (Å²) in [6, 6.07) is 9.38. The van der Waals surface area contributed by atoms with Gasteiger partial charge in [0, 0.05) is 0 Å². The monoisotopic (exact) mass is 268 g/mol. The van der Waals surface area contributed by atoms with Gasteiger partial charge in [-0.2, -0.15) is 13.2 Å². The van der Waals surface area contributed by atoms with E-state index in [-0.39, 0.29) is 22.6 Å². The largest absolute Gasteiger partial charge is 0.504 e. The van der Waals surface area contributed by atoms with Crippen molar-refractivity contribution in [3.8, 4) is 22.6 Å². The number of phenolic OH excluding ortho intramolecular Hbond substituents is 1. The van der Waals surface area contributed by atoms with E-state index in [0.717, 1.165) is 6.07 Å². The maximum absolute atomic E-state index is 12.9. The van der Waals surface area contributed by atoms with Crippen LogP contribution in [0, 0.1) is 0 Å². The maximum Gasteiger partial charge on any atom is 0.417 e. The molecule has 0 amide bonds. The van der Waals surface area contributed by atoms with Crippen LogP contribution in [0.15, 0.2) is 42.5 Å². The zero-order valence-corrected chi connectivity index (χ0v) is 10.0. The fraction of sp³-hybridized carbons (Fsp3) is 0.143. The molecule has 19 heavy (non-hydrogen) atoms. The highest BCUT2D eigenvalue weighted by molar-refractivity contribution is 5.70. The van der Waals surface area contributed by atoms with Crippen LogP contribution in [0.2, 0.25) is 0 Å². The molecular weight excluding hydrogens is 257 g/mol. The van der Waals surface area contributed by atoms with E-state index in [9.17, 15) is 18.3 Å². The quantitative estimate of drug-likeness (QED) is 0.889. The third-order valence-corrected chi connectivity index (χ3v) is 2.72. The Morgan fingerprint density at radius 1 is 1.05 bits per heavy atom. The Bertz CT molecular complexity index is 591. The molecule has 0 heterocycles. The number of hydrogen-bond donors (Lipinski definition) is 1. The van der Waals surface area contributed by atoms with Crippen molar-refractivity contribution in [3.05, 3.63) is 48.0 Å². The van der Waals surface area contributed by atoms with Crippen LogP contribution in [0.3, 0.4) is 0 Å². The molecule has 5 heteroatoms. The summed E-state index contributed by atoms with van der Waals surface area (Å²) >= 11 is 0. The minimum atomic E-state index is -4.44. The molecule has 100 valence electrons. The third-order valence-electron chi connectivity index (χ3n) is 2.72. The SMILES string of the molecule is COc1ccc(-c2ccccc2C(F)(F)F)cc1O. The second-order valence-electron chi connectivity index (χ2n) is 3.93. The molecule has 2 nitrogen and oxygen atoms in total. The Morgan fingerprint density at radius 2 is 1.74 bits per heavy atom. The molecule has 0 aliphatic rings. The molecule has 0 spiro atoms. The summed E-state index contributed by atoms with van der Waals surface area (Å²) in [5.74, 6) is 0.0187. The zero-order chi connectivity index (χ0) is 14.0. The Hall–Kier alpha value is -2.17. The number of ether oxygens (including phenoxy) is 1. The van der Waals surface area contributed by atoms with Gasteiger partial charge in [0.25, 0.3) is 0 Å². The minimum Gasteiger partial charge on any atom is -0.504 e. The molecule has 0 atom stereocenters. The standard InChI is InChI=1S/C14H11F3O2/c1-19-13-7-6-9(8-12(13)18)10-4-2-3-5-11(10)14(15,16)17/h2-8,18H,1H3. The summed E-state index contributed by atoms with van der Waals surface area (Å²) in [4.78, 5) is 0. The molecule has 0 fully saturated rings. The van der Waals surface area contributed by atoms with Crippen molar-refractivity contribution in [2.45, 2.75) is 6.18 Å². The molecule has 0 bridgehead atoms. The average Bonchev–Trinajstić information content (AvgIpc) is 2.37. The van der Waals surface area contributed by atoms with E-state index in [1.165, 1.54) is 43.5 Å². The normalized spacial score (nSPS) is 11.4. The Kier molecular flexibility index (Phi) is 3.38. The van der Waals surface area contributed by atoms with Crippen molar-refractivity contribution in [3.63, 3.8) is 0 Å². The van der Waals surface area contributed by atoms with Crippen LogP contribution < -0.4 is 4.74 Å². The summed E-state index contributed by atoms with van der Waals surface area (Å²) in [6.45, 7) is 0. The van der Waals surface area contributed by atoms with Crippen molar-refractivity contribution in [1.29, 1.82) is 0 Å². The molecule has 2 aromatic rings. The highest BCUT2D eigenvalue weighted by Crippen LogP contribution is 2.39. The molecule has 2 aromatic carbocycles. The van der Waals surface area contributed by atoms with E-state index in [1.807, 2.05) is 0 Å². The average molecular weight is 268 g/mol. The van der Waals surface area contributed by atoms with Crippen molar-refractivity contribution in [2.24, 2.45) is 0 Å². The molecule has 0 radical (unpaired) electrons. The highest BCUT2D eigenvalue weighted by atomic mass is 19.4. The first-order chi connectivity index (χ1) is 8.93. The fourth-order valence-corrected chi connectivity index (χ4v) is 1.84. The Labute approximate surface area is 108 Å². The van der Waals surface area contributed by atoms with Crippen LogP contribution in [-0.4, -0.2) is 12.2 Å². The number of halogens is 3. The van der Waals surface area contributed by atoms with Gasteiger partial charge in [0.15, 0.2) is 11.5 Å².